The number of nitrogens with two attached hydrogens (primary N) is 1. The van der Waals surface area contributed by atoms with Gasteiger partial charge in [0.05, 0.1) is 17.7 Å². The van der Waals surface area contributed by atoms with Crippen LogP contribution in [0, 0.1) is 0 Å². The molecule has 0 heterocycles. The average Bonchev–Trinajstić information content (AvgIpc) is 2.35. The van der Waals surface area contributed by atoms with Gasteiger partial charge in [0.1, 0.15) is 0 Å². The number of ether oxygens (including phenoxy) is 1. The van der Waals surface area contributed by atoms with Gasteiger partial charge in [-0.15, -0.1) is 0 Å². The summed E-state index contributed by atoms with van der Waals surface area (Å²) in [7, 11) is 0. The highest BCUT2D eigenvalue weighted by Crippen LogP contribution is 2.35. The van der Waals surface area contributed by atoms with Crippen molar-refractivity contribution < 1.29 is 17.9 Å². The van der Waals surface area contributed by atoms with E-state index in [4.69, 9.17) is 10.5 Å². The van der Waals surface area contributed by atoms with Crippen molar-refractivity contribution in [2.45, 2.75) is 37.7 Å². The summed E-state index contributed by atoms with van der Waals surface area (Å²) < 4.78 is 43.6. The van der Waals surface area contributed by atoms with Gasteiger partial charge in [-0.1, -0.05) is 0 Å². The van der Waals surface area contributed by atoms with E-state index in [1.165, 1.54) is 6.07 Å². The van der Waals surface area contributed by atoms with Crippen molar-refractivity contribution in [1.82, 2.24) is 0 Å². The predicted molar refractivity (Wildman–Crippen MR) is 74.6 cm³/mol. The molecule has 1 saturated carbocycles. The summed E-state index contributed by atoms with van der Waals surface area (Å²) >= 11 is 3.16. The molecule has 3 unspecified atom stereocenters. The lowest BCUT2D eigenvalue weighted by molar-refractivity contribution is -0.137. The fourth-order valence-electron chi connectivity index (χ4n) is 2.22. The van der Waals surface area contributed by atoms with E-state index in [1.54, 1.807) is 0 Å². The summed E-state index contributed by atoms with van der Waals surface area (Å²) in [4.78, 5) is 0. The monoisotopic (exact) mass is 352 g/mol. The molecule has 3 atom stereocenters. The van der Waals surface area contributed by atoms with Crippen LogP contribution in [0.1, 0.15) is 18.9 Å². The first-order valence-electron chi connectivity index (χ1n) is 6.33. The summed E-state index contributed by atoms with van der Waals surface area (Å²) in [5.74, 6) is 0. The van der Waals surface area contributed by atoms with Crippen molar-refractivity contribution in [3.8, 4) is 0 Å². The molecule has 3 N–H and O–H groups in total. The Balaban J connectivity index is 2.10. The zero-order chi connectivity index (χ0) is 14.9. The zero-order valence-electron chi connectivity index (χ0n) is 10.9. The van der Waals surface area contributed by atoms with Gasteiger partial charge in [0.2, 0.25) is 0 Å². The second-order valence-corrected chi connectivity index (χ2v) is 5.61. The highest BCUT2D eigenvalue weighted by molar-refractivity contribution is 9.10. The van der Waals surface area contributed by atoms with Crippen molar-refractivity contribution >= 4 is 21.6 Å². The number of anilines is 1. The quantitative estimate of drug-likeness (QED) is 0.873. The van der Waals surface area contributed by atoms with Crippen LogP contribution in [0.15, 0.2) is 22.7 Å². The Kier molecular flexibility index (Phi) is 4.61. The number of rotatable bonds is 4. The lowest BCUT2D eigenvalue weighted by Crippen LogP contribution is -2.60. The minimum absolute atomic E-state index is 0.00388. The molecule has 1 aromatic rings. The van der Waals surface area contributed by atoms with Gasteiger partial charge in [-0.2, -0.15) is 13.2 Å². The van der Waals surface area contributed by atoms with Crippen LogP contribution in [0.4, 0.5) is 18.9 Å². The number of benzene rings is 1. The molecule has 0 aromatic heterocycles. The maximum Gasteiger partial charge on any atom is 0.416 e. The molecule has 3 nitrogen and oxygen atoms in total. The zero-order valence-corrected chi connectivity index (χ0v) is 12.5. The van der Waals surface area contributed by atoms with Gasteiger partial charge in [0.25, 0.3) is 0 Å². The molecular weight excluding hydrogens is 337 g/mol. The van der Waals surface area contributed by atoms with Crippen molar-refractivity contribution in [2.75, 3.05) is 11.9 Å². The number of hydrogen-bond donors (Lipinski definition) is 2. The molecule has 7 heteroatoms. The minimum atomic E-state index is -4.35. The Morgan fingerprint density at radius 2 is 2.15 bits per heavy atom. The highest BCUT2D eigenvalue weighted by Gasteiger charge is 2.39. The summed E-state index contributed by atoms with van der Waals surface area (Å²) in [6.45, 7) is 2.48. The van der Waals surface area contributed by atoms with Crippen molar-refractivity contribution in [2.24, 2.45) is 5.73 Å². The second kappa shape index (κ2) is 5.91. The van der Waals surface area contributed by atoms with Gasteiger partial charge in [-0.05, 0) is 47.5 Å². The molecular formula is C13H16BrF3N2O. The number of nitrogens with one attached hydrogen (secondary N) is 1. The smallest absolute Gasteiger partial charge is 0.377 e. The Morgan fingerprint density at radius 1 is 1.45 bits per heavy atom. The van der Waals surface area contributed by atoms with Crippen LogP contribution >= 0.6 is 15.9 Å². The molecule has 0 aliphatic heterocycles. The van der Waals surface area contributed by atoms with Crippen molar-refractivity contribution in [1.29, 1.82) is 0 Å². The molecule has 0 amide bonds. The van der Waals surface area contributed by atoms with E-state index >= 15 is 0 Å². The Labute approximate surface area is 123 Å². The van der Waals surface area contributed by atoms with E-state index < -0.39 is 11.7 Å². The van der Waals surface area contributed by atoms with E-state index in [-0.39, 0.29) is 18.2 Å². The van der Waals surface area contributed by atoms with E-state index in [0.29, 0.717) is 16.8 Å². The lowest BCUT2D eigenvalue weighted by atomic mass is 9.83. The summed E-state index contributed by atoms with van der Waals surface area (Å²) in [6, 6.07) is 3.37. The third-order valence-electron chi connectivity index (χ3n) is 3.37. The normalized spacial score (nSPS) is 26.2. The van der Waals surface area contributed by atoms with Crippen molar-refractivity contribution in [3.05, 3.63) is 28.2 Å². The first kappa shape index (κ1) is 15.6. The third-order valence-corrected chi connectivity index (χ3v) is 4.02. The van der Waals surface area contributed by atoms with Crippen LogP contribution in [-0.4, -0.2) is 24.8 Å². The Hall–Kier alpha value is -0.790. The van der Waals surface area contributed by atoms with Crippen LogP contribution in [0.3, 0.4) is 0 Å². The molecule has 0 radical (unpaired) electrons. The van der Waals surface area contributed by atoms with Crippen molar-refractivity contribution in [3.63, 3.8) is 0 Å². The van der Waals surface area contributed by atoms with E-state index in [0.717, 1.165) is 18.6 Å². The Bertz CT molecular complexity index is 479. The topological polar surface area (TPSA) is 47.3 Å². The summed E-state index contributed by atoms with van der Waals surface area (Å²) in [5, 5.41) is 3.15. The largest absolute Gasteiger partial charge is 0.416 e. The third kappa shape index (κ3) is 3.27. The van der Waals surface area contributed by atoms with Gasteiger partial charge in [0, 0.05) is 22.8 Å². The lowest BCUT2D eigenvalue weighted by Gasteiger charge is -2.43. The fraction of sp³-hybridized carbons (Fsp3) is 0.538. The van der Waals surface area contributed by atoms with Crippen LogP contribution in [0.25, 0.3) is 0 Å². The molecule has 1 fully saturated rings. The van der Waals surface area contributed by atoms with Crippen LogP contribution < -0.4 is 11.1 Å². The molecule has 0 bridgehead atoms. The van der Waals surface area contributed by atoms with Crippen LogP contribution in [0.5, 0.6) is 0 Å². The Morgan fingerprint density at radius 3 is 2.65 bits per heavy atom. The first-order valence-corrected chi connectivity index (χ1v) is 7.12. The maximum atomic E-state index is 12.6. The molecule has 2 rings (SSSR count). The minimum Gasteiger partial charge on any atom is -0.377 e. The average molecular weight is 353 g/mol. The van der Waals surface area contributed by atoms with Gasteiger partial charge >= 0.3 is 6.18 Å². The van der Waals surface area contributed by atoms with Gasteiger partial charge in [-0.25, -0.2) is 0 Å². The summed E-state index contributed by atoms with van der Waals surface area (Å²) in [5.41, 5.74) is 5.80. The molecule has 0 spiro atoms. The summed E-state index contributed by atoms with van der Waals surface area (Å²) in [6.07, 6.45) is -3.59. The maximum absolute atomic E-state index is 12.6. The molecule has 1 aromatic carbocycles. The molecule has 20 heavy (non-hydrogen) atoms. The highest BCUT2D eigenvalue weighted by atomic mass is 79.9. The second-order valence-electron chi connectivity index (χ2n) is 4.76. The molecule has 1 aliphatic rings. The first-order chi connectivity index (χ1) is 9.32. The van der Waals surface area contributed by atoms with Gasteiger partial charge in [0.15, 0.2) is 0 Å². The fourth-order valence-corrected chi connectivity index (χ4v) is 2.71. The van der Waals surface area contributed by atoms with Gasteiger partial charge in [-0.3, -0.25) is 0 Å². The van der Waals surface area contributed by atoms with E-state index in [2.05, 4.69) is 21.2 Å². The number of hydrogen-bond acceptors (Lipinski definition) is 3. The predicted octanol–water partition coefficient (Wildman–Crippen LogP) is 3.38. The van der Waals surface area contributed by atoms with E-state index in [9.17, 15) is 13.2 Å². The molecule has 112 valence electrons. The molecule has 1 aliphatic carbocycles. The molecule has 0 saturated heterocycles. The van der Waals surface area contributed by atoms with E-state index in [1.807, 2.05) is 6.92 Å². The number of alkyl halides is 3. The SMILES string of the molecule is CCOC1CC(N)C1Nc1ccc(C(F)(F)F)cc1Br. The number of halogens is 4. The standard InChI is InChI=1S/C13H16BrF3N2O/c1-2-20-11-6-9(18)12(11)19-10-4-3-7(5-8(10)14)13(15,16)17/h3-5,9,11-12,19H,2,6,18H2,1H3. The van der Waals surface area contributed by atoms with Crippen LogP contribution in [-0.2, 0) is 10.9 Å². The van der Waals surface area contributed by atoms with Gasteiger partial charge < -0.3 is 15.8 Å². The van der Waals surface area contributed by atoms with Crippen LogP contribution in [0.2, 0.25) is 0 Å².